The molecule has 0 amide bonds. The van der Waals surface area contributed by atoms with Crippen molar-refractivity contribution in [3.63, 3.8) is 0 Å². The first kappa shape index (κ1) is 24.7. The fourth-order valence-electron chi connectivity index (χ4n) is 7.47. The average molecular weight is 664 g/mol. The number of methoxy groups -OCH3 is 1. The van der Waals surface area contributed by atoms with Crippen molar-refractivity contribution in [3.8, 4) is 39.5 Å². The van der Waals surface area contributed by atoms with Crippen molar-refractivity contribution >= 4 is 39.9 Å². The fraction of sp³-hybridized carbons (Fsp3) is 0.167. The summed E-state index contributed by atoms with van der Waals surface area (Å²) in [6, 6.07) is 27.9. The first-order chi connectivity index (χ1) is 20.6. The van der Waals surface area contributed by atoms with Crippen LogP contribution in [-0.4, -0.2) is 20.8 Å². The minimum Gasteiger partial charge on any atom is -0.493 e. The highest BCUT2D eigenvalue weighted by Gasteiger charge is 2.49. The van der Waals surface area contributed by atoms with Crippen LogP contribution in [0, 0.1) is 0 Å². The van der Waals surface area contributed by atoms with Crippen molar-refractivity contribution in [1.82, 2.24) is 5.32 Å². The predicted molar refractivity (Wildman–Crippen MR) is 172 cm³/mol. The second-order valence-corrected chi connectivity index (χ2v) is 11.7. The van der Waals surface area contributed by atoms with Gasteiger partial charge in [0.05, 0.1) is 6.61 Å². The van der Waals surface area contributed by atoms with Crippen LogP contribution in [0.25, 0.3) is 39.1 Å². The number of rotatable bonds is 5. The van der Waals surface area contributed by atoms with Gasteiger partial charge in [-0.05, 0) is 59.5 Å². The summed E-state index contributed by atoms with van der Waals surface area (Å²) >= 11 is 1.95. The van der Waals surface area contributed by atoms with Gasteiger partial charge in [0.25, 0.3) is 0 Å². The summed E-state index contributed by atoms with van der Waals surface area (Å²) in [5.74, 6) is 2.72. The third-order valence-electron chi connectivity index (χ3n) is 9.47. The molecule has 1 N–H and O–H groups in total. The smallest absolute Gasteiger partial charge is 0.192 e. The van der Waals surface area contributed by atoms with Gasteiger partial charge in [0, 0.05) is 57.9 Å². The highest BCUT2D eigenvalue weighted by atomic mass is 127. The Balaban J connectivity index is 1.38. The Bertz CT molecular complexity index is 1990. The van der Waals surface area contributed by atoms with Crippen molar-refractivity contribution < 1.29 is 17.3 Å². The number of hydrogen-bond acceptors (Lipinski definition) is 5. The summed E-state index contributed by atoms with van der Waals surface area (Å²) in [5.41, 5.74) is 9.57. The third kappa shape index (κ3) is 2.99. The lowest BCUT2D eigenvalue weighted by Gasteiger charge is -2.39. The molecule has 2 heterocycles. The minimum absolute atomic E-state index is 0.691. The van der Waals surface area contributed by atoms with Gasteiger partial charge in [-0.3, -0.25) is 5.32 Å². The Morgan fingerprint density at radius 1 is 0.881 bits per heavy atom. The van der Waals surface area contributed by atoms with Gasteiger partial charge in [-0.2, -0.15) is 0 Å². The van der Waals surface area contributed by atoms with Crippen molar-refractivity contribution in [2.24, 2.45) is 0 Å². The Morgan fingerprint density at radius 2 is 1.67 bits per heavy atom. The van der Waals surface area contributed by atoms with Crippen LogP contribution < -0.4 is 17.9 Å². The standard InChI is InChI=1S/C36H26INO4/c1-38-36(39-2)29-11-7-6-10-23(29)31-25-16-20-13-15-40-30(20)19-28(25)33-24(32(31)36)12-14-35(41-33,21-8-4-3-5-9-21)22-17-26-27(18-22)34(26)42-37/h3-12,14,16-19,38H,13,15H2,1-2H3. The van der Waals surface area contributed by atoms with Crippen molar-refractivity contribution in [3.05, 3.63) is 118 Å². The highest BCUT2D eigenvalue weighted by molar-refractivity contribution is 14.1. The third-order valence-corrected chi connectivity index (χ3v) is 9.91. The maximum Gasteiger partial charge on any atom is 0.192 e. The summed E-state index contributed by atoms with van der Waals surface area (Å²) in [5, 5.41) is 5.75. The van der Waals surface area contributed by atoms with E-state index in [4.69, 9.17) is 17.3 Å². The summed E-state index contributed by atoms with van der Waals surface area (Å²) in [7, 11) is 3.74. The molecule has 42 heavy (non-hydrogen) atoms. The molecule has 0 saturated carbocycles. The van der Waals surface area contributed by atoms with Crippen LogP contribution >= 0.6 is 23.0 Å². The summed E-state index contributed by atoms with van der Waals surface area (Å²) < 4.78 is 25.5. The molecule has 5 aliphatic rings. The molecular weight excluding hydrogens is 637 g/mol. The average Bonchev–Trinajstić information content (AvgIpc) is 3.40. The van der Waals surface area contributed by atoms with Gasteiger partial charge in [-0.1, -0.05) is 60.7 Å². The van der Waals surface area contributed by atoms with Crippen molar-refractivity contribution in [2.45, 2.75) is 17.7 Å². The van der Waals surface area contributed by atoms with E-state index in [-0.39, 0.29) is 0 Å². The van der Waals surface area contributed by atoms with Crippen molar-refractivity contribution in [1.29, 1.82) is 0 Å². The van der Waals surface area contributed by atoms with E-state index in [9.17, 15) is 0 Å². The molecule has 6 heteroatoms. The van der Waals surface area contributed by atoms with Crippen LogP contribution in [0.15, 0.2) is 84.9 Å². The molecule has 4 aromatic carbocycles. The monoisotopic (exact) mass is 663 g/mol. The lowest BCUT2D eigenvalue weighted by atomic mass is 9.81. The number of fused-ring (bicyclic) bond motifs is 10. The molecular formula is C36H26INO4. The lowest BCUT2D eigenvalue weighted by Crippen LogP contribution is -2.42. The second-order valence-electron chi connectivity index (χ2n) is 11.3. The zero-order valence-corrected chi connectivity index (χ0v) is 25.2. The van der Waals surface area contributed by atoms with E-state index < -0.39 is 11.3 Å². The zero-order chi connectivity index (χ0) is 28.2. The van der Waals surface area contributed by atoms with Crippen LogP contribution in [0.1, 0.15) is 33.4 Å². The number of ether oxygens (including phenoxy) is 3. The van der Waals surface area contributed by atoms with Gasteiger partial charge < -0.3 is 17.3 Å². The normalized spacial score (nSPS) is 21.7. The van der Waals surface area contributed by atoms with Crippen LogP contribution in [0.4, 0.5) is 0 Å². The molecule has 0 bridgehead atoms. The van der Waals surface area contributed by atoms with Crippen LogP contribution in [0.3, 0.4) is 0 Å². The molecule has 9 rings (SSSR count). The van der Waals surface area contributed by atoms with Gasteiger partial charge in [0.1, 0.15) is 17.2 Å². The molecule has 2 atom stereocenters. The molecule has 0 radical (unpaired) electrons. The van der Waals surface area contributed by atoms with E-state index >= 15 is 0 Å². The summed E-state index contributed by atoms with van der Waals surface area (Å²) in [6.45, 7) is 0.691. The predicted octanol–water partition coefficient (Wildman–Crippen LogP) is 7.88. The lowest BCUT2D eigenvalue weighted by molar-refractivity contribution is 0.00144. The van der Waals surface area contributed by atoms with E-state index in [2.05, 4.69) is 90.3 Å². The molecule has 0 spiro atoms. The quantitative estimate of drug-likeness (QED) is 0.150. The minimum atomic E-state index is -0.826. The van der Waals surface area contributed by atoms with E-state index in [0.717, 1.165) is 73.4 Å². The highest BCUT2D eigenvalue weighted by Crippen LogP contribution is 2.60. The Hall–Kier alpha value is -3.85. The van der Waals surface area contributed by atoms with E-state index in [1.54, 1.807) is 7.11 Å². The largest absolute Gasteiger partial charge is 0.493 e. The molecule has 0 aromatic heterocycles. The number of nitrogens with one attached hydrogen (secondary N) is 1. The van der Waals surface area contributed by atoms with E-state index in [0.29, 0.717) is 6.61 Å². The fourth-order valence-corrected chi connectivity index (χ4v) is 7.95. The van der Waals surface area contributed by atoms with Crippen molar-refractivity contribution in [2.75, 3.05) is 20.8 Å². The van der Waals surface area contributed by atoms with Gasteiger partial charge in [-0.15, -0.1) is 0 Å². The Kier molecular flexibility index (Phi) is 5.06. The molecule has 206 valence electrons. The maximum absolute atomic E-state index is 7.40. The van der Waals surface area contributed by atoms with Gasteiger partial charge in [0.15, 0.2) is 34.3 Å². The van der Waals surface area contributed by atoms with E-state index in [1.807, 2.05) is 36.1 Å². The molecule has 0 fully saturated rings. The topological polar surface area (TPSA) is 49.0 Å². The molecule has 4 aromatic rings. The van der Waals surface area contributed by atoms with Gasteiger partial charge >= 0.3 is 0 Å². The number of hydrogen-bond donors (Lipinski definition) is 1. The summed E-state index contributed by atoms with van der Waals surface area (Å²) in [6.07, 6.45) is 5.34. The Morgan fingerprint density at radius 3 is 2.43 bits per heavy atom. The Labute approximate surface area is 257 Å². The maximum atomic E-state index is 7.40. The molecule has 2 aliphatic heterocycles. The SMILES string of the molecule is CNC1(OC)c2ccccc2-c2c1c1c(c3cc4c(cc23)CCO4)OC(c2ccccc2)(c2cc3c(OI)c-3c2)C=C1. The van der Waals surface area contributed by atoms with Crippen LogP contribution in [0.5, 0.6) is 17.2 Å². The molecule has 3 aliphatic carbocycles. The second kappa shape index (κ2) is 8.60. The molecule has 0 saturated heterocycles. The molecule has 2 unspecified atom stereocenters. The first-order valence-corrected chi connectivity index (χ1v) is 15.1. The van der Waals surface area contributed by atoms with E-state index in [1.165, 1.54) is 16.7 Å². The van der Waals surface area contributed by atoms with Crippen LogP contribution in [0.2, 0.25) is 0 Å². The number of halogens is 1. The number of benzene rings is 5. The molecule has 5 nitrogen and oxygen atoms in total. The van der Waals surface area contributed by atoms with Crippen LogP contribution in [-0.2, 0) is 22.5 Å². The van der Waals surface area contributed by atoms with Gasteiger partial charge in [0.2, 0.25) is 0 Å². The summed E-state index contributed by atoms with van der Waals surface area (Å²) in [4.78, 5) is 0. The first-order valence-electron chi connectivity index (χ1n) is 14.2. The zero-order valence-electron chi connectivity index (χ0n) is 23.1. The van der Waals surface area contributed by atoms with Gasteiger partial charge in [-0.25, -0.2) is 0 Å².